The van der Waals surface area contributed by atoms with Crippen molar-refractivity contribution in [2.45, 2.75) is 103 Å². The minimum atomic E-state index is -1.23. The van der Waals surface area contributed by atoms with Crippen LogP contribution in [-0.4, -0.2) is 115 Å². The number of ether oxygens (including phenoxy) is 3. The van der Waals surface area contributed by atoms with Crippen molar-refractivity contribution in [1.29, 1.82) is 0 Å². The van der Waals surface area contributed by atoms with Crippen LogP contribution in [0.25, 0.3) is 22.0 Å². The molecule has 1 aromatic carbocycles. The predicted molar refractivity (Wildman–Crippen MR) is 205 cm³/mol. The first-order valence-corrected chi connectivity index (χ1v) is 23.3. The molecule has 3 aromatic rings. The SMILES string of the molecule is Cc1c(-c2c(Cl)c(Cl)cc3c2cnn3C2CCCCO2)c(N2CC[C@@H](CN3CCN(C4COC4)CC3)CC2(C)C)nn1COCC[Si](C)(C)C. The summed E-state index contributed by atoms with van der Waals surface area (Å²) in [6, 6.07) is 3.69. The summed E-state index contributed by atoms with van der Waals surface area (Å²) < 4.78 is 21.9. The first kappa shape index (κ1) is 36.6. The Morgan fingerprint density at radius 2 is 1.80 bits per heavy atom. The zero-order valence-electron chi connectivity index (χ0n) is 31.0. The Labute approximate surface area is 309 Å². The molecule has 0 amide bonds. The highest BCUT2D eigenvalue weighted by molar-refractivity contribution is 6.76. The van der Waals surface area contributed by atoms with E-state index in [1.54, 1.807) is 0 Å². The fourth-order valence-corrected chi connectivity index (χ4v) is 9.58. The first-order chi connectivity index (χ1) is 23.9. The second-order valence-corrected chi connectivity index (χ2v) is 23.3. The third kappa shape index (κ3) is 7.67. The molecule has 0 aliphatic carbocycles. The van der Waals surface area contributed by atoms with Gasteiger partial charge in [0.25, 0.3) is 0 Å². The predicted octanol–water partition coefficient (Wildman–Crippen LogP) is 7.54. The fraction of sp³-hybridized carbons (Fsp3) is 0.730. The molecule has 0 N–H and O–H groups in total. The van der Waals surface area contributed by atoms with E-state index in [0.29, 0.717) is 28.7 Å². The number of nitrogens with zero attached hydrogens (tertiary/aromatic N) is 7. The maximum absolute atomic E-state index is 7.22. The highest BCUT2D eigenvalue weighted by Crippen LogP contribution is 2.48. The van der Waals surface area contributed by atoms with Crippen LogP contribution >= 0.6 is 23.2 Å². The molecule has 4 fully saturated rings. The third-order valence-corrected chi connectivity index (χ3v) is 14.0. The minimum Gasteiger partial charge on any atom is -0.378 e. The van der Waals surface area contributed by atoms with E-state index in [0.717, 1.165) is 137 Å². The van der Waals surface area contributed by atoms with Crippen LogP contribution < -0.4 is 4.90 Å². The van der Waals surface area contributed by atoms with E-state index in [1.807, 2.05) is 21.6 Å². The number of fused-ring (bicyclic) bond motifs is 1. The third-order valence-electron chi connectivity index (χ3n) is 11.5. The summed E-state index contributed by atoms with van der Waals surface area (Å²) >= 11 is 14.2. The highest BCUT2D eigenvalue weighted by atomic mass is 35.5. The number of halogens is 2. The molecule has 1 unspecified atom stereocenters. The molecule has 4 aliphatic heterocycles. The Morgan fingerprint density at radius 1 is 1.02 bits per heavy atom. The largest absolute Gasteiger partial charge is 0.378 e. The van der Waals surface area contributed by atoms with Crippen LogP contribution in [0.15, 0.2) is 12.3 Å². The average molecular weight is 747 g/mol. The van der Waals surface area contributed by atoms with E-state index >= 15 is 0 Å². The van der Waals surface area contributed by atoms with Gasteiger partial charge in [0.05, 0.1) is 41.0 Å². The minimum absolute atomic E-state index is 0.109. The monoisotopic (exact) mass is 745 g/mol. The highest BCUT2D eigenvalue weighted by Gasteiger charge is 2.40. The van der Waals surface area contributed by atoms with Crippen LogP contribution in [0.3, 0.4) is 0 Å². The van der Waals surface area contributed by atoms with E-state index in [1.165, 1.54) is 0 Å². The van der Waals surface area contributed by atoms with Crippen LogP contribution in [0, 0.1) is 12.8 Å². The van der Waals surface area contributed by atoms with E-state index in [-0.39, 0.29) is 11.8 Å². The number of hydrogen-bond donors (Lipinski definition) is 0. The van der Waals surface area contributed by atoms with Gasteiger partial charge in [-0.05, 0) is 70.9 Å². The summed E-state index contributed by atoms with van der Waals surface area (Å²) in [5.74, 6) is 1.58. The molecule has 276 valence electrons. The Balaban J connectivity index is 1.19. The maximum atomic E-state index is 7.22. The summed E-state index contributed by atoms with van der Waals surface area (Å²) in [6.07, 6.45) is 7.16. The van der Waals surface area contributed by atoms with Crippen molar-refractivity contribution in [2.24, 2.45) is 5.92 Å². The van der Waals surface area contributed by atoms with Gasteiger partial charge in [0.1, 0.15) is 6.73 Å². The second kappa shape index (κ2) is 15.0. The zero-order valence-corrected chi connectivity index (χ0v) is 33.5. The van der Waals surface area contributed by atoms with Gasteiger partial charge in [-0.2, -0.15) is 10.2 Å². The Kier molecular flexibility index (Phi) is 11.0. The molecule has 6 heterocycles. The smallest absolute Gasteiger partial charge is 0.159 e. The lowest BCUT2D eigenvalue weighted by Crippen LogP contribution is -2.58. The molecule has 0 saturated carbocycles. The average Bonchev–Trinajstić information content (AvgIpc) is 3.60. The Bertz CT molecular complexity index is 1640. The number of piperazine rings is 1. The van der Waals surface area contributed by atoms with Gasteiger partial charge >= 0.3 is 0 Å². The zero-order chi connectivity index (χ0) is 35.2. The summed E-state index contributed by atoms with van der Waals surface area (Å²) in [5.41, 5.74) is 3.76. The first-order valence-electron chi connectivity index (χ1n) is 18.8. The van der Waals surface area contributed by atoms with Crippen molar-refractivity contribution < 1.29 is 14.2 Å². The van der Waals surface area contributed by atoms with Crippen molar-refractivity contribution >= 4 is 48.0 Å². The number of rotatable bonds is 11. The van der Waals surface area contributed by atoms with Gasteiger partial charge in [-0.15, -0.1) is 0 Å². The van der Waals surface area contributed by atoms with Crippen LogP contribution in [-0.2, 0) is 20.9 Å². The molecule has 13 heteroatoms. The van der Waals surface area contributed by atoms with E-state index in [4.69, 9.17) is 47.6 Å². The Hall–Kier alpha value is -1.70. The summed E-state index contributed by atoms with van der Waals surface area (Å²) in [7, 11) is -1.23. The molecule has 2 atom stereocenters. The van der Waals surface area contributed by atoms with E-state index in [9.17, 15) is 0 Å². The number of anilines is 1. The van der Waals surface area contributed by atoms with Crippen LogP contribution in [0.1, 0.15) is 57.9 Å². The van der Waals surface area contributed by atoms with Crippen molar-refractivity contribution in [2.75, 3.05) is 70.6 Å². The molecular weight excluding hydrogens is 689 g/mol. The van der Waals surface area contributed by atoms with Gasteiger partial charge in [0, 0.05) is 88.3 Å². The fourth-order valence-electron chi connectivity index (χ4n) is 8.38. The second-order valence-electron chi connectivity index (χ2n) is 16.9. The number of benzene rings is 1. The standard InChI is InChI=1S/C37H57Cl2N7O3Si/c1-26-33(34-29-21-40-46(32-9-7-8-16-49-32)31(29)19-30(38)35(34)39)36(41-45(26)25-47-17-18-50(4,5)6)44-11-10-27(20-37(44,2)3)22-42-12-14-43(15-13-42)28-23-48-24-28/h19,21,27-28,32H,7-18,20,22-25H2,1-6H3/t27-,32?/m1/s1. The van der Waals surface area contributed by atoms with Crippen LogP contribution in [0.4, 0.5) is 5.82 Å². The van der Waals surface area contributed by atoms with Gasteiger partial charge in [-0.1, -0.05) is 42.8 Å². The lowest BCUT2D eigenvalue weighted by Gasteiger charge is -2.48. The van der Waals surface area contributed by atoms with Gasteiger partial charge in [0.15, 0.2) is 12.0 Å². The topological polar surface area (TPSA) is 73.0 Å². The molecule has 2 aromatic heterocycles. The molecule has 4 aliphatic rings. The summed E-state index contributed by atoms with van der Waals surface area (Å²) in [4.78, 5) is 7.83. The maximum Gasteiger partial charge on any atom is 0.159 e. The molecule has 0 radical (unpaired) electrons. The molecule has 7 rings (SSSR count). The molecular formula is C37H57Cl2N7O3Si. The number of piperidine rings is 1. The molecule has 10 nitrogen and oxygen atoms in total. The van der Waals surface area contributed by atoms with Crippen molar-refractivity contribution in [3.63, 3.8) is 0 Å². The van der Waals surface area contributed by atoms with Gasteiger partial charge in [0.2, 0.25) is 0 Å². The Morgan fingerprint density at radius 3 is 2.46 bits per heavy atom. The van der Waals surface area contributed by atoms with Crippen molar-refractivity contribution in [3.8, 4) is 11.1 Å². The quantitative estimate of drug-likeness (QED) is 0.147. The molecule has 0 spiro atoms. The summed E-state index contributed by atoms with van der Waals surface area (Å²) in [6.45, 7) is 24.4. The van der Waals surface area contributed by atoms with E-state index in [2.05, 4.69) is 55.1 Å². The van der Waals surface area contributed by atoms with Gasteiger partial charge < -0.3 is 24.0 Å². The van der Waals surface area contributed by atoms with Crippen LogP contribution in [0.2, 0.25) is 35.7 Å². The summed E-state index contributed by atoms with van der Waals surface area (Å²) in [5, 5.41) is 12.2. The van der Waals surface area contributed by atoms with E-state index < -0.39 is 8.07 Å². The van der Waals surface area contributed by atoms with Crippen molar-refractivity contribution in [1.82, 2.24) is 29.4 Å². The van der Waals surface area contributed by atoms with Crippen molar-refractivity contribution in [3.05, 3.63) is 28.0 Å². The number of aromatic nitrogens is 4. The lowest BCUT2D eigenvalue weighted by atomic mass is 9.81. The van der Waals surface area contributed by atoms with Crippen LogP contribution in [0.5, 0.6) is 0 Å². The normalized spacial score (nSPS) is 24.3. The molecule has 4 saturated heterocycles. The van der Waals surface area contributed by atoms with Gasteiger partial charge in [-0.3, -0.25) is 4.90 Å². The van der Waals surface area contributed by atoms with Gasteiger partial charge in [-0.25, -0.2) is 9.36 Å². The number of hydrogen-bond acceptors (Lipinski definition) is 8. The lowest BCUT2D eigenvalue weighted by molar-refractivity contribution is -0.0779. The molecule has 50 heavy (non-hydrogen) atoms. The molecule has 0 bridgehead atoms.